The van der Waals surface area contributed by atoms with E-state index in [-0.39, 0.29) is 17.9 Å². The summed E-state index contributed by atoms with van der Waals surface area (Å²) in [5, 5.41) is 3.44. The zero-order chi connectivity index (χ0) is 18.7. The molecule has 136 valence electrons. The Bertz CT molecular complexity index is 925. The van der Waals surface area contributed by atoms with Crippen molar-refractivity contribution >= 4 is 32.6 Å². The van der Waals surface area contributed by atoms with E-state index in [2.05, 4.69) is 50.1 Å². The van der Waals surface area contributed by atoms with Gasteiger partial charge in [0.15, 0.2) is 11.7 Å². The largest absolute Gasteiger partial charge is 0.483 e. The minimum absolute atomic E-state index is 0.0276. The van der Waals surface area contributed by atoms with Crippen molar-refractivity contribution in [3.05, 3.63) is 53.6 Å². The molecule has 1 amide bonds. The lowest BCUT2D eigenvalue weighted by molar-refractivity contribution is -0.118. The summed E-state index contributed by atoms with van der Waals surface area (Å²) >= 11 is 1.49. The summed E-state index contributed by atoms with van der Waals surface area (Å²) in [5.74, 6) is 0.551. The minimum Gasteiger partial charge on any atom is -0.483 e. The molecule has 0 radical (unpaired) electrons. The second kappa shape index (κ2) is 7.46. The van der Waals surface area contributed by atoms with Gasteiger partial charge < -0.3 is 4.74 Å². The van der Waals surface area contributed by atoms with Crippen LogP contribution in [0.4, 0.5) is 5.13 Å². The summed E-state index contributed by atoms with van der Waals surface area (Å²) < 4.78 is 6.74. The molecule has 0 spiro atoms. The van der Waals surface area contributed by atoms with Gasteiger partial charge in [-0.15, -0.1) is 0 Å². The van der Waals surface area contributed by atoms with Gasteiger partial charge in [0.05, 0.1) is 10.2 Å². The molecule has 0 bridgehead atoms. The zero-order valence-electron chi connectivity index (χ0n) is 15.6. The van der Waals surface area contributed by atoms with Gasteiger partial charge in [0.2, 0.25) is 0 Å². The van der Waals surface area contributed by atoms with E-state index in [1.54, 1.807) is 0 Å². The minimum atomic E-state index is -0.203. The summed E-state index contributed by atoms with van der Waals surface area (Å²) in [6.45, 7) is 8.59. The van der Waals surface area contributed by atoms with Crippen molar-refractivity contribution in [1.29, 1.82) is 0 Å². The average Bonchev–Trinajstić information content (AvgIpc) is 3.00. The monoisotopic (exact) mass is 368 g/mol. The third kappa shape index (κ3) is 4.22. The van der Waals surface area contributed by atoms with E-state index in [0.717, 1.165) is 28.0 Å². The van der Waals surface area contributed by atoms with E-state index in [9.17, 15) is 4.79 Å². The second-order valence-corrected chi connectivity index (χ2v) is 8.28. The first-order chi connectivity index (χ1) is 12.4. The highest BCUT2D eigenvalue weighted by Crippen LogP contribution is 2.31. The fourth-order valence-corrected chi connectivity index (χ4v) is 3.60. The number of carbonyl (C=O) groups excluding carboxylic acids is 1. The van der Waals surface area contributed by atoms with Crippen LogP contribution in [0.1, 0.15) is 38.8 Å². The van der Waals surface area contributed by atoms with E-state index in [4.69, 9.17) is 4.74 Å². The first-order valence-electron chi connectivity index (χ1n) is 8.78. The molecule has 0 unspecified atom stereocenters. The third-order valence-electron chi connectivity index (χ3n) is 4.21. The number of fused-ring (bicyclic) bond motifs is 1. The lowest BCUT2D eigenvalue weighted by atomic mass is 9.87. The normalized spacial score (nSPS) is 11.5. The van der Waals surface area contributed by atoms with Crippen LogP contribution in [0, 0.1) is 0 Å². The van der Waals surface area contributed by atoms with Crippen LogP contribution in [-0.2, 0) is 16.6 Å². The molecule has 2 aromatic carbocycles. The molecule has 0 aliphatic rings. The van der Waals surface area contributed by atoms with E-state index in [1.807, 2.05) is 30.3 Å². The molecule has 0 atom stereocenters. The van der Waals surface area contributed by atoms with Crippen molar-refractivity contribution in [2.24, 2.45) is 0 Å². The highest BCUT2D eigenvalue weighted by molar-refractivity contribution is 7.22. The Morgan fingerprint density at radius 1 is 1.19 bits per heavy atom. The van der Waals surface area contributed by atoms with Gasteiger partial charge in [-0.3, -0.25) is 10.1 Å². The Hall–Kier alpha value is -2.40. The molecule has 26 heavy (non-hydrogen) atoms. The molecule has 5 heteroatoms. The van der Waals surface area contributed by atoms with Crippen LogP contribution in [0.5, 0.6) is 5.75 Å². The predicted molar refractivity (Wildman–Crippen MR) is 108 cm³/mol. The van der Waals surface area contributed by atoms with Crippen LogP contribution in [-0.4, -0.2) is 17.5 Å². The van der Waals surface area contributed by atoms with Gasteiger partial charge in [0.1, 0.15) is 5.75 Å². The Labute approximate surface area is 158 Å². The molecule has 1 N–H and O–H groups in total. The summed E-state index contributed by atoms with van der Waals surface area (Å²) in [6.07, 6.45) is 0.867. The second-order valence-electron chi connectivity index (χ2n) is 7.25. The summed E-state index contributed by atoms with van der Waals surface area (Å²) in [4.78, 5) is 16.7. The molecule has 3 aromatic rings. The van der Waals surface area contributed by atoms with Gasteiger partial charge in [-0.05, 0) is 41.2 Å². The van der Waals surface area contributed by atoms with E-state index >= 15 is 0 Å². The number of para-hydroxylation sites is 1. The van der Waals surface area contributed by atoms with Crippen molar-refractivity contribution in [3.63, 3.8) is 0 Å². The average molecular weight is 369 g/mol. The van der Waals surface area contributed by atoms with E-state index < -0.39 is 0 Å². The standard InChI is InChI=1S/C21H24N2O2S/c1-5-14-8-6-7-9-17(14)25-13-19(24)23-20-22-16-11-10-15(21(2,3)4)12-18(16)26-20/h6-12H,5,13H2,1-4H3,(H,22,23,24). The molecular weight excluding hydrogens is 344 g/mol. The fraction of sp³-hybridized carbons (Fsp3) is 0.333. The lowest BCUT2D eigenvalue weighted by Gasteiger charge is -2.18. The van der Waals surface area contributed by atoms with Crippen LogP contribution in [0.2, 0.25) is 0 Å². The van der Waals surface area contributed by atoms with Crippen LogP contribution < -0.4 is 10.1 Å². The van der Waals surface area contributed by atoms with Gasteiger partial charge in [0.25, 0.3) is 5.91 Å². The lowest BCUT2D eigenvalue weighted by Crippen LogP contribution is -2.20. The SMILES string of the molecule is CCc1ccccc1OCC(=O)Nc1nc2ccc(C(C)(C)C)cc2s1. The predicted octanol–water partition coefficient (Wildman–Crippen LogP) is 5.17. The molecule has 3 rings (SSSR count). The highest BCUT2D eigenvalue weighted by atomic mass is 32.1. The van der Waals surface area contributed by atoms with E-state index in [0.29, 0.717) is 5.13 Å². The number of nitrogens with zero attached hydrogens (tertiary/aromatic N) is 1. The first-order valence-corrected chi connectivity index (χ1v) is 9.60. The fourth-order valence-electron chi connectivity index (χ4n) is 2.68. The number of aromatic nitrogens is 1. The summed E-state index contributed by atoms with van der Waals surface area (Å²) in [6, 6.07) is 14.0. The van der Waals surface area contributed by atoms with Crippen molar-refractivity contribution in [1.82, 2.24) is 4.98 Å². The number of aryl methyl sites for hydroxylation is 1. The molecule has 0 aliphatic heterocycles. The van der Waals surface area contributed by atoms with E-state index in [1.165, 1.54) is 16.9 Å². The highest BCUT2D eigenvalue weighted by Gasteiger charge is 2.16. The number of anilines is 1. The van der Waals surface area contributed by atoms with Crippen LogP contribution in [0.3, 0.4) is 0 Å². The summed E-state index contributed by atoms with van der Waals surface area (Å²) in [5.41, 5.74) is 3.33. The van der Waals surface area contributed by atoms with Gasteiger partial charge in [-0.2, -0.15) is 0 Å². The van der Waals surface area contributed by atoms with Crippen LogP contribution in [0.25, 0.3) is 10.2 Å². The third-order valence-corrected chi connectivity index (χ3v) is 5.15. The number of hydrogen-bond donors (Lipinski definition) is 1. The maximum atomic E-state index is 12.2. The van der Waals surface area contributed by atoms with Crippen molar-refractivity contribution in [2.45, 2.75) is 39.5 Å². The molecule has 1 heterocycles. The Morgan fingerprint density at radius 2 is 1.96 bits per heavy atom. The first kappa shape index (κ1) is 18.4. The topological polar surface area (TPSA) is 51.2 Å². The quantitative estimate of drug-likeness (QED) is 0.675. The molecule has 0 fully saturated rings. The summed E-state index contributed by atoms with van der Waals surface area (Å²) in [7, 11) is 0. The molecular formula is C21H24N2O2S. The number of thiazole rings is 1. The van der Waals surface area contributed by atoms with Gasteiger partial charge >= 0.3 is 0 Å². The van der Waals surface area contributed by atoms with Crippen molar-refractivity contribution in [2.75, 3.05) is 11.9 Å². The number of nitrogens with one attached hydrogen (secondary N) is 1. The van der Waals surface area contributed by atoms with Crippen LogP contribution >= 0.6 is 11.3 Å². The maximum absolute atomic E-state index is 12.2. The van der Waals surface area contributed by atoms with Crippen LogP contribution in [0.15, 0.2) is 42.5 Å². The number of rotatable bonds is 5. The molecule has 0 saturated carbocycles. The number of ether oxygens (including phenoxy) is 1. The van der Waals surface area contributed by atoms with Crippen molar-refractivity contribution in [3.8, 4) is 5.75 Å². The number of benzene rings is 2. The smallest absolute Gasteiger partial charge is 0.264 e. The maximum Gasteiger partial charge on any atom is 0.264 e. The Balaban J connectivity index is 1.67. The number of hydrogen-bond acceptors (Lipinski definition) is 4. The van der Waals surface area contributed by atoms with Gasteiger partial charge in [-0.25, -0.2) is 4.98 Å². The Kier molecular flexibility index (Phi) is 5.28. The molecule has 4 nitrogen and oxygen atoms in total. The molecule has 1 aromatic heterocycles. The van der Waals surface area contributed by atoms with Gasteiger partial charge in [0, 0.05) is 0 Å². The number of amides is 1. The zero-order valence-corrected chi connectivity index (χ0v) is 16.4. The van der Waals surface area contributed by atoms with Crippen molar-refractivity contribution < 1.29 is 9.53 Å². The molecule has 0 saturated heterocycles. The Morgan fingerprint density at radius 3 is 2.69 bits per heavy atom. The number of carbonyl (C=O) groups is 1. The molecule has 0 aliphatic carbocycles. The van der Waals surface area contributed by atoms with Gasteiger partial charge in [-0.1, -0.05) is 63.3 Å².